The van der Waals surface area contributed by atoms with Crippen LogP contribution in [0.3, 0.4) is 0 Å². The molecular formula is C18H19BrN2O3. The second kappa shape index (κ2) is 7.13. The topological polar surface area (TPSA) is 64.8 Å². The second-order valence-electron chi connectivity index (χ2n) is 5.57. The van der Waals surface area contributed by atoms with Crippen molar-refractivity contribution >= 4 is 27.5 Å². The fourth-order valence-corrected chi connectivity index (χ4v) is 3.03. The van der Waals surface area contributed by atoms with Gasteiger partial charge in [0.15, 0.2) is 17.6 Å². The second-order valence-corrected chi connectivity index (χ2v) is 6.49. The number of halogens is 1. The van der Waals surface area contributed by atoms with Gasteiger partial charge in [-0.2, -0.15) is 0 Å². The van der Waals surface area contributed by atoms with Crippen LogP contribution in [0.1, 0.15) is 17.3 Å². The zero-order chi connectivity index (χ0) is 17.1. The van der Waals surface area contributed by atoms with Crippen LogP contribution in [0.2, 0.25) is 0 Å². The summed E-state index contributed by atoms with van der Waals surface area (Å²) < 4.78 is 12.5. The molecule has 6 heteroatoms. The van der Waals surface area contributed by atoms with Crippen molar-refractivity contribution in [1.29, 1.82) is 0 Å². The van der Waals surface area contributed by atoms with Crippen LogP contribution >= 0.6 is 15.9 Å². The highest BCUT2D eigenvalue weighted by Gasteiger charge is 2.26. The summed E-state index contributed by atoms with van der Waals surface area (Å²) in [4.78, 5) is 14.5. The fourth-order valence-electron chi connectivity index (χ4n) is 2.65. The largest absolute Gasteiger partial charge is 0.486 e. The SMILES string of the molecule is CCN(CC1COc2ccccc2O1)C(=O)c1ccc(Br)cc1N. The first-order valence-corrected chi connectivity index (χ1v) is 8.60. The number of carbonyl (C=O) groups is 1. The van der Waals surface area contributed by atoms with Gasteiger partial charge >= 0.3 is 0 Å². The van der Waals surface area contributed by atoms with E-state index in [4.69, 9.17) is 15.2 Å². The Labute approximate surface area is 149 Å². The molecule has 1 aliphatic rings. The Morgan fingerprint density at radius 2 is 2.04 bits per heavy atom. The van der Waals surface area contributed by atoms with Gasteiger partial charge in [-0.3, -0.25) is 4.79 Å². The molecule has 1 amide bonds. The molecule has 1 unspecified atom stereocenters. The number of hydrogen-bond acceptors (Lipinski definition) is 4. The molecule has 0 saturated carbocycles. The van der Waals surface area contributed by atoms with Crippen molar-refractivity contribution in [2.75, 3.05) is 25.4 Å². The van der Waals surface area contributed by atoms with E-state index in [1.165, 1.54) is 0 Å². The number of nitrogens with zero attached hydrogens (tertiary/aromatic N) is 1. The number of ether oxygens (including phenoxy) is 2. The highest BCUT2D eigenvalue weighted by molar-refractivity contribution is 9.10. The predicted molar refractivity (Wildman–Crippen MR) is 96.5 cm³/mol. The van der Waals surface area contributed by atoms with Gasteiger partial charge in [-0.05, 0) is 37.3 Å². The Morgan fingerprint density at radius 3 is 2.75 bits per heavy atom. The number of rotatable bonds is 4. The highest BCUT2D eigenvalue weighted by atomic mass is 79.9. The normalized spacial score (nSPS) is 15.8. The number of nitrogens with two attached hydrogens (primary N) is 1. The molecule has 0 fully saturated rings. The minimum absolute atomic E-state index is 0.107. The Hall–Kier alpha value is -2.21. The van der Waals surface area contributed by atoms with Crippen LogP contribution in [-0.4, -0.2) is 36.6 Å². The lowest BCUT2D eigenvalue weighted by molar-refractivity contribution is 0.0475. The van der Waals surface area contributed by atoms with Crippen LogP contribution in [0.5, 0.6) is 11.5 Å². The quantitative estimate of drug-likeness (QED) is 0.813. The van der Waals surface area contributed by atoms with Gasteiger partial charge in [-0.25, -0.2) is 0 Å². The molecule has 5 nitrogen and oxygen atoms in total. The van der Waals surface area contributed by atoms with E-state index in [9.17, 15) is 4.79 Å². The van der Waals surface area contributed by atoms with E-state index in [1.54, 1.807) is 17.0 Å². The lowest BCUT2D eigenvalue weighted by Crippen LogP contribution is -2.43. The Bertz CT molecular complexity index is 751. The Morgan fingerprint density at radius 1 is 1.29 bits per heavy atom. The van der Waals surface area contributed by atoms with Gasteiger partial charge in [0.1, 0.15) is 6.61 Å². The van der Waals surface area contributed by atoms with E-state index in [-0.39, 0.29) is 12.0 Å². The standard InChI is InChI=1S/C18H19BrN2O3/c1-2-21(18(22)14-8-7-12(19)9-15(14)20)10-13-11-23-16-5-3-4-6-17(16)24-13/h3-9,13H,2,10-11,20H2,1H3. The van der Waals surface area contributed by atoms with E-state index in [1.807, 2.05) is 37.3 Å². The maximum Gasteiger partial charge on any atom is 0.256 e. The third kappa shape index (κ3) is 3.48. The van der Waals surface area contributed by atoms with Crippen LogP contribution in [-0.2, 0) is 0 Å². The zero-order valence-corrected chi connectivity index (χ0v) is 15.0. The first kappa shape index (κ1) is 16.6. The van der Waals surface area contributed by atoms with Gasteiger partial charge in [-0.15, -0.1) is 0 Å². The fraction of sp³-hybridized carbons (Fsp3) is 0.278. The molecule has 0 saturated heterocycles. The van der Waals surface area contributed by atoms with Gasteiger partial charge in [0.05, 0.1) is 12.1 Å². The highest BCUT2D eigenvalue weighted by Crippen LogP contribution is 2.31. The van der Waals surface area contributed by atoms with E-state index < -0.39 is 0 Å². The van der Waals surface area contributed by atoms with Gasteiger partial charge in [0, 0.05) is 16.7 Å². The van der Waals surface area contributed by atoms with Crippen molar-refractivity contribution in [3.8, 4) is 11.5 Å². The molecule has 1 aliphatic heterocycles. The van der Waals surface area contributed by atoms with Crippen LogP contribution in [0.25, 0.3) is 0 Å². The minimum Gasteiger partial charge on any atom is -0.486 e. The number of nitrogen functional groups attached to an aromatic ring is 1. The number of carbonyl (C=O) groups excluding carboxylic acids is 1. The molecule has 1 heterocycles. The van der Waals surface area contributed by atoms with Crippen LogP contribution in [0.15, 0.2) is 46.9 Å². The molecular weight excluding hydrogens is 372 g/mol. The van der Waals surface area contributed by atoms with Crippen LogP contribution in [0.4, 0.5) is 5.69 Å². The monoisotopic (exact) mass is 390 g/mol. The molecule has 0 spiro atoms. The minimum atomic E-state index is -0.208. The van der Waals surface area contributed by atoms with E-state index in [2.05, 4.69) is 15.9 Å². The van der Waals surface area contributed by atoms with Crippen molar-refractivity contribution in [2.45, 2.75) is 13.0 Å². The van der Waals surface area contributed by atoms with Crippen LogP contribution in [0, 0.1) is 0 Å². The van der Waals surface area contributed by atoms with Crippen molar-refractivity contribution in [2.24, 2.45) is 0 Å². The Kier molecular flexibility index (Phi) is 4.94. The van der Waals surface area contributed by atoms with E-state index in [0.29, 0.717) is 36.7 Å². The van der Waals surface area contributed by atoms with E-state index in [0.717, 1.165) is 10.2 Å². The number of benzene rings is 2. The van der Waals surface area contributed by atoms with Gasteiger partial charge < -0.3 is 20.1 Å². The summed E-state index contributed by atoms with van der Waals surface area (Å²) in [6, 6.07) is 12.8. The maximum atomic E-state index is 12.8. The van der Waals surface area contributed by atoms with Crippen molar-refractivity contribution < 1.29 is 14.3 Å². The molecule has 2 aromatic carbocycles. The van der Waals surface area contributed by atoms with Crippen molar-refractivity contribution in [3.63, 3.8) is 0 Å². The first-order valence-electron chi connectivity index (χ1n) is 7.81. The molecule has 24 heavy (non-hydrogen) atoms. The van der Waals surface area contributed by atoms with Crippen molar-refractivity contribution in [1.82, 2.24) is 4.90 Å². The smallest absolute Gasteiger partial charge is 0.256 e. The van der Waals surface area contributed by atoms with Gasteiger partial charge in [-0.1, -0.05) is 28.1 Å². The molecule has 2 aromatic rings. The lowest BCUT2D eigenvalue weighted by atomic mass is 10.1. The third-order valence-corrected chi connectivity index (χ3v) is 4.40. The summed E-state index contributed by atoms with van der Waals surface area (Å²) >= 11 is 3.35. The van der Waals surface area contributed by atoms with E-state index >= 15 is 0 Å². The predicted octanol–water partition coefficient (Wildman–Crippen LogP) is 3.33. The molecule has 1 atom stereocenters. The summed E-state index contributed by atoms with van der Waals surface area (Å²) in [5.41, 5.74) is 6.93. The average Bonchev–Trinajstić information content (AvgIpc) is 2.59. The molecule has 3 rings (SSSR count). The van der Waals surface area contributed by atoms with Crippen LogP contribution < -0.4 is 15.2 Å². The van der Waals surface area contributed by atoms with Gasteiger partial charge in [0.25, 0.3) is 5.91 Å². The number of anilines is 1. The number of hydrogen-bond donors (Lipinski definition) is 1. The number of fused-ring (bicyclic) bond motifs is 1. The number of amides is 1. The third-order valence-electron chi connectivity index (χ3n) is 3.90. The number of likely N-dealkylation sites (N-methyl/N-ethyl adjacent to an activating group) is 1. The summed E-state index contributed by atoms with van der Waals surface area (Å²) in [5.74, 6) is 1.34. The molecule has 0 aliphatic carbocycles. The number of para-hydroxylation sites is 2. The lowest BCUT2D eigenvalue weighted by Gasteiger charge is -2.31. The molecule has 0 bridgehead atoms. The molecule has 2 N–H and O–H groups in total. The zero-order valence-electron chi connectivity index (χ0n) is 13.4. The van der Waals surface area contributed by atoms with Crippen molar-refractivity contribution in [3.05, 3.63) is 52.5 Å². The van der Waals surface area contributed by atoms with Gasteiger partial charge in [0.2, 0.25) is 0 Å². The maximum absolute atomic E-state index is 12.8. The summed E-state index contributed by atoms with van der Waals surface area (Å²) in [6.07, 6.45) is -0.208. The summed E-state index contributed by atoms with van der Waals surface area (Å²) in [5, 5.41) is 0. The summed E-state index contributed by atoms with van der Waals surface area (Å²) in [7, 11) is 0. The average molecular weight is 391 g/mol. The summed E-state index contributed by atoms with van der Waals surface area (Å²) in [6.45, 7) is 3.36. The molecule has 126 valence electrons. The molecule has 0 aromatic heterocycles. The molecule has 0 radical (unpaired) electrons. The Balaban J connectivity index is 1.72. The first-order chi connectivity index (χ1) is 11.6.